The Bertz CT molecular complexity index is 514. The number of hydrogen-bond acceptors (Lipinski definition) is 4. The first-order chi connectivity index (χ1) is 12.8. The van der Waals surface area contributed by atoms with Crippen LogP contribution in [0, 0.1) is 0 Å². The molecule has 0 bridgehead atoms. The third-order valence-electron chi connectivity index (χ3n) is 5.52. The van der Waals surface area contributed by atoms with Gasteiger partial charge in [-0.1, -0.05) is 12.8 Å². The zero-order valence-corrected chi connectivity index (χ0v) is 17.1. The lowest BCUT2D eigenvalue weighted by Gasteiger charge is -2.33. The van der Waals surface area contributed by atoms with Crippen LogP contribution in [0.15, 0.2) is 22.5 Å². The fourth-order valence-electron chi connectivity index (χ4n) is 3.95. The van der Waals surface area contributed by atoms with Crippen molar-refractivity contribution in [3.05, 3.63) is 17.5 Å². The molecule has 1 aromatic rings. The van der Waals surface area contributed by atoms with Gasteiger partial charge in [0.25, 0.3) is 0 Å². The fourth-order valence-corrected chi connectivity index (χ4v) is 4.74. The molecule has 3 heterocycles. The maximum atomic E-state index is 4.42. The second-order valence-corrected chi connectivity index (χ2v) is 8.39. The van der Waals surface area contributed by atoms with Crippen LogP contribution in [0.2, 0.25) is 0 Å². The molecular formula is C20H35N5S. The van der Waals surface area contributed by atoms with Crippen LogP contribution in [-0.2, 0) is 0 Å². The number of anilines is 1. The molecule has 2 aliphatic rings. The van der Waals surface area contributed by atoms with Crippen molar-refractivity contribution < 1.29 is 0 Å². The molecule has 0 saturated carbocycles. The molecule has 0 radical (unpaired) electrons. The van der Waals surface area contributed by atoms with Crippen LogP contribution in [0.5, 0.6) is 0 Å². The predicted molar refractivity (Wildman–Crippen MR) is 114 cm³/mol. The topological polar surface area (TPSA) is 42.9 Å². The highest BCUT2D eigenvalue weighted by Crippen LogP contribution is 2.24. The molecule has 0 atom stereocenters. The second kappa shape index (κ2) is 10.8. The van der Waals surface area contributed by atoms with Crippen molar-refractivity contribution in [2.75, 3.05) is 51.2 Å². The minimum absolute atomic E-state index is 0.531. The van der Waals surface area contributed by atoms with E-state index in [1.807, 2.05) is 18.4 Å². The predicted octanol–water partition coefficient (Wildman–Crippen LogP) is 3.15. The van der Waals surface area contributed by atoms with E-state index >= 15 is 0 Å². The van der Waals surface area contributed by atoms with Crippen LogP contribution in [0.3, 0.4) is 0 Å². The molecule has 26 heavy (non-hydrogen) atoms. The molecule has 2 saturated heterocycles. The minimum atomic E-state index is 0.531. The van der Waals surface area contributed by atoms with Crippen molar-refractivity contribution in [2.45, 2.75) is 51.0 Å². The third-order valence-corrected chi connectivity index (χ3v) is 6.45. The fraction of sp³-hybridized carbons (Fsp3) is 0.750. The molecule has 0 unspecified atom stereocenters. The average Bonchev–Trinajstić information content (AvgIpc) is 3.09. The van der Waals surface area contributed by atoms with Crippen LogP contribution in [-0.4, -0.2) is 63.2 Å². The van der Waals surface area contributed by atoms with Crippen molar-refractivity contribution in [1.29, 1.82) is 0 Å². The van der Waals surface area contributed by atoms with Crippen LogP contribution in [0.4, 0.5) is 5.00 Å². The highest BCUT2D eigenvalue weighted by atomic mass is 32.1. The lowest BCUT2D eigenvalue weighted by Crippen LogP contribution is -2.49. The van der Waals surface area contributed by atoms with Gasteiger partial charge in [-0.05, 0) is 69.3 Å². The van der Waals surface area contributed by atoms with Gasteiger partial charge in [0.1, 0.15) is 0 Å². The smallest absolute Gasteiger partial charge is 0.191 e. The standard InChI is InChI=1S/C20H35N5S/c1-21-20(22-11-7-14-24-12-4-2-3-5-13-24)23-18-9-15-25(16-10-18)19-8-6-17-26-19/h6,8,17-18H,2-5,7,9-16H2,1H3,(H2,21,22,23). The largest absolute Gasteiger partial charge is 0.363 e. The average molecular weight is 378 g/mol. The zero-order valence-electron chi connectivity index (χ0n) is 16.3. The van der Waals surface area contributed by atoms with E-state index in [-0.39, 0.29) is 0 Å². The summed E-state index contributed by atoms with van der Waals surface area (Å²) in [5.41, 5.74) is 0. The summed E-state index contributed by atoms with van der Waals surface area (Å²) in [6, 6.07) is 4.90. The Labute approximate surface area is 162 Å². The van der Waals surface area contributed by atoms with Gasteiger partial charge < -0.3 is 20.4 Å². The molecule has 2 fully saturated rings. The minimum Gasteiger partial charge on any atom is -0.363 e. The quantitative estimate of drug-likeness (QED) is 0.454. The molecule has 0 aliphatic carbocycles. The van der Waals surface area contributed by atoms with E-state index in [4.69, 9.17) is 0 Å². The number of piperidine rings is 1. The SMILES string of the molecule is CN=C(NCCCN1CCCCCC1)NC1CCN(c2cccs2)CC1. The first-order valence-electron chi connectivity index (χ1n) is 10.3. The second-order valence-electron chi connectivity index (χ2n) is 7.47. The highest BCUT2D eigenvalue weighted by Gasteiger charge is 2.20. The summed E-state index contributed by atoms with van der Waals surface area (Å²) in [6.45, 7) is 7.05. The number of aliphatic imine (C=N–C) groups is 1. The van der Waals surface area contributed by atoms with E-state index < -0.39 is 0 Å². The Balaban J connectivity index is 1.31. The number of rotatable bonds is 6. The summed E-state index contributed by atoms with van der Waals surface area (Å²) < 4.78 is 0. The van der Waals surface area contributed by atoms with E-state index in [2.05, 4.69) is 42.9 Å². The summed E-state index contributed by atoms with van der Waals surface area (Å²) in [5, 5.41) is 10.7. The lowest BCUT2D eigenvalue weighted by molar-refractivity contribution is 0.282. The molecule has 0 aromatic carbocycles. The van der Waals surface area contributed by atoms with Crippen LogP contribution in [0.25, 0.3) is 0 Å². The molecule has 1 aromatic heterocycles. The number of guanidine groups is 1. The van der Waals surface area contributed by atoms with Gasteiger partial charge in [0.05, 0.1) is 5.00 Å². The van der Waals surface area contributed by atoms with Crippen LogP contribution in [0.1, 0.15) is 44.9 Å². The molecule has 0 spiro atoms. The number of thiophene rings is 1. The molecule has 5 nitrogen and oxygen atoms in total. The van der Waals surface area contributed by atoms with E-state index in [9.17, 15) is 0 Å². The van der Waals surface area contributed by atoms with Crippen molar-refractivity contribution in [1.82, 2.24) is 15.5 Å². The Morgan fingerprint density at radius 1 is 1.15 bits per heavy atom. The van der Waals surface area contributed by atoms with E-state index in [1.165, 1.54) is 69.6 Å². The van der Waals surface area contributed by atoms with Gasteiger partial charge in [-0.3, -0.25) is 4.99 Å². The van der Waals surface area contributed by atoms with Gasteiger partial charge in [0.15, 0.2) is 5.96 Å². The molecule has 3 rings (SSSR count). The molecular weight excluding hydrogens is 342 g/mol. The van der Waals surface area contributed by atoms with Crippen molar-refractivity contribution in [2.24, 2.45) is 4.99 Å². The number of nitrogens with one attached hydrogen (secondary N) is 2. The van der Waals surface area contributed by atoms with Gasteiger partial charge in [-0.15, -0.1) is 11.3 Å². The Kier molecular flexibility index (Phi) is 8.08. The van der Waals surface area contributed by atoms with E-state index in [1.54, 1.807) is 0 Å². The van der Waals surface area contributed by atoms with Gasteiger partial charge in [-0.2, -0.15) is 0 Å². The zero-order chi connectivity index (χ0) is 18.0. The summed E-state index contributed by atoms with van der Waals surface area (Å²) in [7, 11) is 1.88. The van der Waals surface area contributed by atoms with Gasteiger partial charge in [0, 0.05) is 32.7 Å². The van der Waals surface area contributed by atoms with Crippen molar-refractivity contribution in [3.63, 3.8) is 0 Å². The first-order valence-corrected chi connectivity index (χ1v) is 11.2. The number of nitrogens with zero attached hydrogens (tertiary/aromatic N) is 3. The van der Waals surface area contributed by atoms with E-state index in [0.717, 1.165) is 25.6 Å². The van der Waals surface area contributed by atoms with Gasteiger partial charge in [-0.25, -0.2) is 0 Å². The molecule has 6 heteroatoms. The van der Waals surface area contributed by atoms with E-state index in [0.29, 0.717) is 6.04 Å². The molecule has 2 aliphatic heterocycles. The first kappa shape index (κ1) is 19.5. The van der Waals surface area contributed by atoms with Crippen LogP contribution >= 0.6 is 11.3 Å². The third kappa shape index (κ3) is 6.16. The maximum Gasteiger partial charge on any atom is 0.191 e. The molecule has 146 valence electrons. The van der Waals surface area contributed by atoms with Gasteiger partial charge in [0.2, 0.25) is 0 Å². The number of hydrogen-bond donors (Lipinski definition) is 2. The maximum absolute atomic E-state index is 4.42. The highest BCUT2D eigenvalue weighted by molar-refractivity contribution is 7.14. The Morgan fingerprint density at radius 2 is 1.92 bits per heavy atom. The van der Waals surface area contributed by atoms with Crippen molar-refractivity contribution in [3.8, 4) is 0 Å². The Hall–Kier alpha value is -1.27. The van der Waals surface area contributed by atoms with Crippen molar-refractivity contribution >= 4 is 22.3 Å². The Morgan fingerprint density at radius 3 is 2.58 bits per heavy atom. The normalized spacial score (nSPS) is 20.8. The lowest BCUT2D eigenvalue weighted by atomic mass is 10.1. The number of likely N-dealkylation sites (tertiary alicyclic amines) is 1. The summed E-state index contributed by atoms with van der Waals surface area (Å²) in [4.78, 5) is 9.55. The van der Waals surface area contributed by atoms with Gasteiger partial charge >= 0.3 is 0 Å². The van der Waals surface area contributed by atoms with Crippen LogP contribution < -0.4 is 15.5 Å². The summed E-state index contributed by atoms with van der Waals surface area (Å²) in [5.74, 6) is 0.968. The molecule has 0 amide bonds. The summed E-state index contributed by atoms with van der Waals surface area (Å²) in [6.07, 6.45) is 9.12. The molecule has 2 N–H and O–H groups in total. The monoisotopic (exact) mass is 377 g/mol. The summed E-state index contributed by atoms with van der Waals surface area (Å²) >= 11 is 1.84.